The molecule has 3 aromatic rings. The Kier molecular flexibility index (Phi) is 5.02. The Labute approximate surface area is 146 Å². The summed E-state index contributed by atoms with van der Waals surface area (Å²) in [5, 5.41) is 7.31. The van der Waals surface area contributed by atoms with Crippen molar-refractivity contribution in [3.05, 3.63) is 35.3 Å². The third kappa shape index (κ3) is 3.99. The maximum Gasteiger partial charge on any atom is 0.277 e. The van der Waals surface area contributed by atoms with Crippen LogP contribution in [0.3, 0.4) is 0 Å². The molecule has 0 saturated carbocycles. The molecule has 0 saturated heterocycles. The zero-order chi connectivity index (χ0) is 17.8. The molecule has 25 heavy (non-hydrogen) atoms. The minimum Gasteiger partial charge on any atom is -0.354 e. The van der Waals surface area contributed by atoms with Crippen molar-refractivity contribution in [3.8, 4) is 23.0 Å². The van der Waals surface area contributed by atoms with Crippen LogP contribution in [0.4, 0.5) is 5.95 Å². The Bertz CT molecular complexity index is 854. The van der Waals surface area contributed by atoms with Crippen LogP contribution in [0.2, 0.25) is 0 Å². The van der Waals surface area contributed by atoms with Gasteiger partial charge < -0.3 is 9.84 Å². The lowest BCUT2D eigenvalue weighted by Crippen LogP contribution is -2.06. The van der Waals surface area contributed by atoms with Gasteiger partial charge in [0, 0.05) is 29.2 Å². The summed E-state index contributed by atoms with van der Waals surface area (Å²) in [5.41, 5.74) is 4.28. The molecule has 0 aliphatic rings. The molecule has 0 atom stereocenters. The van der Waals surface area contributed by atoms with Crippen LogP contribution < -0.4 is 5.32 Å². The van der Waals surface area contributed by atoms with Gasteiger partial charge in [0.05, 0.1) is 0 Å². The second-order valence-electron chi connectivity index (χ2n) is 5.91. The third-order valence-corrected chi connectivity index (χ3v) is 3.66. The van der Waals surface area contributed by atoms with Crippen LogP contribution in [0, 0.1) is 13.8 Å². The average molecular weight is 338 g/mol. The van der Waals surface area contributed by atoms with Crippen molar-refractivity contribution < 1.29 is 4.52 Å². The summed E-state index contributed by atoms with van der Waals surface area (Å²) in [5.74, 6) is 1.51. The highest BCUT2D eigenvalue weighted by molar-refractivity contribution is 5.59. The maximum atomic E-state index is 5.44. The number of hydrogen-bond donors (Lipinski definition) is 1. The normalized spacial score (nSPS) is 10.9. The SMILES string of the molecule is CCCNc1nc(CC)cc(-c2nc(-c3cc(C)nc(C)c3)no2)n1. The third-order valence-electron chi connectivity index (χ3n) is 3.66. The van der Waals surface area contributed by atoms with Crippen LogP contribution in [0.15, 0.2) is 22.7 Å². The molecule has 0 bridgehead atoms. The number of hydrogen-bond acceptors (Lipinski definition) is 7. The van der Waals surface area contributed by atoms with Gasteiger partial charge in [-0.25, -0.2) is 9.97 Å². The Hall–Kier alpha value is -2.83. The summed E-state index contributed by atoms with van der Waals surface area (Å²) in [6.07, 6.45) is 1.81. The van der Waals surface area contributed by atoms with E-state index in [0.717, 1.165) is 42.0 Å². The molecular formula is C18H22N6O. The fourth-order valence-corrected chi connectivity index (χ4v) is 2.51. The van der Waals surface area contributed by atoms with Crippen molar-refractivity contribution in [1.82, 2.24) is 25.1 Å². The molecule has 0 unspecified atom stereocenters. The molecule has 0 aliphatic heterocycles. The molecule has 3 heterocycles. The highest BCUT2D eigenvalue weighted by atomic mass is 16.5. The van der Waals surface area contributed by atoms with Gasteiger partial charge in [-0.05, 0) is 44.9 Å². The van der Waals surface area contributed by atoms with Crippen molar-refractivity contribution in [2.24, 2.45) is 0 Å². The van der Waals surface area contributed by atoms with E-state index in [2.05, 4.69) is 44.3 Å². The summed E-state index contributed by atoms with van der Waals surface area (Å²) in [6, 6.07) is 5.76. The maximum absolute atomic E-state index is 5.44. The van der Waals surface area contributed by atoms with E-state index in [9.17, 15) is 0 Å². The van der Waals surface area contributed by atoms with E-state index in [1.807, 2.05) is 32.0 Å². The van der Waals surface area contributed by atoms with E-state index in [1.165, 1.54) is 0 Å². The number of aromatic nitrogens is 5. The quantitative estimate of drug-likeness (QED) is 0.734. The van der Waals surface area contributed by atoms with Crippen molar-refractivity contribution in [2.45, 2.75) is 40.5 Å². The molecule has 0 amide bonds. The molecule has 0 aliphatic carbocycles. The first-order chi connectivity index (χ1) is 12.1. The fourth-order valence-electron chi connectivity index (χ4n) is 2.51. The fraction of sp³-hybridized carbons (Fsp3) is 0.389. The number of rotatable bonds is 6. The zero-order valence-electron chi connectivity index (χ0n) is 15.0. The van der Waals surface area contributed by atoms with Gasteiger partial charge in [-0.15, -0.1) is 0 Å². The molecule has 0 spiro atoms. The first kappa shape index (κ1) is 17.0. The molecular weight excluding hydrogens is 316 g/mol. The molecule has 3 rings (SSSR count). The minimum absolute atomic E-state index is 0.388. The Balaban J connectivity index is 1.96. The predicted octanol–water partition coefficient (Wildman–Crippen LogP) is 3.59. The largest absolute Gasteiger partial charge is 0.354 e. The van der Waals surface area contributed by atoms with Crippen LogP contribution in [0.5, 0.6) is 0 Å². The summed E-state index contributed by atoms with van der Waals surface area (Å²) in [7, 11) is 0. The van der Waals surface area contributed by atoms with Crippen molar-refractivity contribution in [3.63, 3.8) is 0 Å². The first-order valence-electron chi connectivity index (χ1n) is 8.50. The van der Waals surface area contributed by atoms with Crippen LogP contribution in [-0.2, 0) is 6.42 Å². The van der Waals surface area contributed by atoms with Gasteiger partial charge in [-0.2, -0.15) is 4.98 Å². The average Bonchev–Trinajstić information content (AvgIpc) is 3.09. The summed E-state index contributed by atoms with van der Waals surface area (Å²) in [6.45, 7) is 8.86. The zero-order valence-corrected chi connectivity index (χ0v) is 15.0. The van der Waals surface area contributed by atoms with Crippen LogP contribution in [0.1, 0.15) is 37.4 Å². The second kappa shape index (κ2) is 7.38. The molecule has 130 valence electrons. The lowest BCUT2D eigenvalue weighted by molar-refractivity contribution is 0.431. The smallest absolute Gasteiger partial charge is 0.277 e. The summed E-state index contributed by atoms with van der Waals surface area (Å²) in [4.78, 5) is 17.9. The van der Waals surface area contributed by atoms with Gasteiger partial charge in [-0.1, -0.05) is 19.0 Å². The van der Waals surface area contributed by atoms with E-state index in [1.54, 1.807) is 0 Å². The Morgan fingerprint density at radius 3 is 2.40 bits per heavy atom. The van der Waals surface area contributed by atoms with E-state index >= 15 is 0 Å². The first-order valence-corrected chi connectivity index (χ1v) is 8.50. The van der Waals surface area contributed by atoms with Crippen molar-refractivity contribution in [2.75, 3.05) is 11.9 Å². The lowest BCUT2D eigenvalue weighted by atomic mass is 10.2. The lowest BCUT2D eigenvalue weighted by Gasteiger charge is -2.06. The standard InChI is InChI=1S/C18H22N6O/c1-5-7-19-18-21-14(6-2)10-15(22-18)17-23-16(24-25-17)13-8-11(3)20-12(4)9-13/h8-10H,5-7H2,1-4H3,(H,19,21,22). The highest BCUT2D eigenvalue weighted by Crippen LogP contribution is 2.23. The topological polar surface area (TPSA) is 89.6 Å². The Morgan fingerprint density at radius 1 is 0.960 bits per heavy atom. The number of anilines is 1. The molecule has 3 aromatic heterocycles. The molecule has 0 aromatic carbocycles. The number of aryl methyl sites for hydroxylation is 3. The van der Waals surface area contributed by atoms with Gasteiger partial charge in [0.25, 0.3) is 5.89 Å². The number of nitrogens with zero attached hydrogens (tertiary/aromatic N) is 5. The van der Waals surface area contributed by atoms with Crippen LogP contribution in [-0.4, -0.2) is 31.6 Å². The second-order valence-corrected chi connectivity index (χ2v) is 5.91. The molecule has 1 N–H and O–H groups in total. The predicted molar refractivity (Wildman–Crippen MR) is 96.2 cm³/mol. The van der Waals surface area contributed by atoms with E-state index in [0.29, 0.717) is 23.4 Å². The van der Waals surface area contributed by atoms with Crippen LogP contribution >= 0.6 is 0 Å². The molecule has 0 fully saturated rings. The molecule has 0 radical (unpaired) electrons. The van der Waals surface area contributed by atoms with E-state index < -0.39 is 0 Å². The number of pyridine rings is 1. The van der Waals surface area contributed by atoms with Crippen LogP contribution in [0.25, 0.3) is 23.0 Å². The monoisotopic (exact) mass is 338 g/mol. The minimum atomic E-state index is 0.388. The number of nitrogens with one attached hydrogen (secondary N) is 1. The highest BCUT2D eigenvalue weighted by Gasteiger charge is 2.15. The van der Waals surface area contributed by atoms with Gasteiger partial charge in [0.15, 0.2) is 0 Å². The molecule has 7 heteroatoms. The van der Waals surface area contributed by atoms with E-state index in [-0.39, 0.29) is 0 Å². The van der Waals surface area contributed by atoms with Crippen molar-refractivity contribution in [1.29, 1.82) is 0 Å². The van der Waals surface area contributed by atoms with Crippen molar-refractivity contribution >= 4 is 5.95 Å². The van der Waals surface area contributed by atoms with Gasteiger partial charge in [0.1, 0.15) is 5.69 Å². The van der Waals surface area contributed by atoms with Gasteiger partial charge >= 0.3 is 0 Å². The van der Waals surface area contributed by atoms with Gasteiger partial charge in [0.2, 0.25) is 11.8 Å². The van der Waals surface area contributed by atoms with E-state index in [4.69, 9.17) is 4.52 Å². The summed E-state index contributed by atoms with van der Waals surface area (Å²) < 4.78 is 5.44. The summed E-state index contributed by atoms with van der Waals surface area (Å²) >= 11 is 0. The van der Waals surface area contributed by atoms with Gasteiger partial charge in [-0.3, -0.25) is 4.98 Å². The molecule has 7 nitrogen and oxygen atoms in total. The Morgan fingerprint density at radius 2 is 1.72 bits per heavy atom.